The van der Waals surface area contributed by atoms with Gasteiger partial charge >= 0.3 is 0 Å². The predicted molar refractivity (Wildman–Crippen MR) is 62.4 cm³/mol. The number of H-pyrrole nitrogens is 1. The molecule has 5 heteroatoms. The fourth-order valence-electron chi connectivity index (χ4n) is 1.57. The molecule has 0 spiro atoms. The topological polar surface area (TPSA) is 41.6 Å². The van der Waals surface area contributed by atoms with E-state index >= 15 is 0 Å². The maximum atomic E-state index is 5.93. The zero-order valence-electron chi connectivity index (χ0n) is 8.40. The third-order valence-electron chi connectivity index (χ3n) is 2.41. The molecule has 80 valence electrons. The van der Waals surface area contributed by atoms with Gasteiger partial charge in [-0.1, -0.05) is 18.5 Å². The Hall–Kier alpha value is -0.870. The van der Waals surface area contributed by atoms with E-state index in [-0.39, 0.29) is 0 Å². The second kappa shape index (κ2) is 4.77. The molecule has 0 fully saturated rings. The minimum atomic E-state index is 0.493. The lowest BCUT2D eigenvalue weighted by atomic mass is 9.99. The maximum absolute atomic E-state index is 5.93. The number of aromatic amines is 1. The second-order valence-corrected chi connectivity index (χ2v) is 5.16. The van der Waals surface area contributed by atoms with E-state index in [2.05, 4.69) is 28.4 Å². The van der Waals surface area contributed by atoms with Crippen molar-refractivity contribution in [1.82, 2.24) is 15.4 Å². The molecule has 1 atom stereocenters. The molecule has 1 unspecified atom stereocenters. The van der Waals surface area contributed by atoms with E-state index in [1.807, 2.05) is 6.07 Å². The summed E-state index contributed by atoms with van der Waals surface area (Å²) in [7, 11) is 0. The number of thiophene rings is 1. The van der Waals surface area contributed by atoms with Crippen molar-refractivity contribution in [2.75, 3.05) is 0 Å². The van der Waals surface area contributed by atoms with Gasteiger partial charge in [0.2, 0.25) is 0 Å². The molecule has 0 radical (unpaired) electrons. The maximum Gasteiger partial charge on any atom is 0.0931 e. The molecule has 1 N–H and O–H groups in total. The molecule has 0 saturated heterocycles. The summed E-state index contributed by atoms with van der Waals surface area (Å²) in [5, 5.41) is 10.5. The SMILES string of the molecule is CCC(Cc1cn[nH]n1)c1ccc(Cl)s1. The van der Waals surface area contributed by atoms with Crippen LogP contribution in [0.5, 0.6) is 0 Å². The van der Waals surface area contributed by atoms with Gasteiger partial charge in [-0.15, -0.1) is 11.3 Å². The molecule has 3 nitrogen and oxygen atoms in total. The van der Waals surface area contributed by atoms with Crippen LogP contribution in [0.3, 0.4) is 0 Å². The van der Waals surface area contributed by atoms with Gasteiger partial charge < -0.3 is 0 Å². The van der Waals surface area contributed by atoms with Gasteiger partial charge in [-0.3, -0.25) is 0 Å². The highest BCUT2D eigenvalue weighted by molar-refractivity contribution is 7.16. The number of hydrogen-bond acceptors (Lipinski definition) is 3. The van der Waals surface area contributed by atoms with Crippen LogP contribution in [0.15, 0.2) is 18.3 Å². The Bertz CT molecular complexity index is 410. The van der Waals surface area contributed by atoms with E-state index in [1.54, 1.807) is 17.5 Å². The molecule has 2 rings (SSSR count). The van der Waals surface area contributed by atoms with Crippen LogP contribution in [0, 0.1) is 0 Å². The lowest BCUT2D eigenvalue weighted by Gasteiger charge is -2.10. The van der Waals surface area contributed by atoms with Crippen molar-refractivity contribution in [3.05, 3.63) is 33.2 Å². The molecule has 2 heterocycles. The van der Waals surface area contributed by atoms with Gasteiger partial charge in [0.25, 0.3) is 0 Å². The summed E-state index contributed by atoms with van der Waals surface area (Å²) in [5.41, 5.74) is 1.01. The quantitative estimate of drug-likeness (QED) is 0.893. The van der Waals surface area contributed by atoms with Gasteiger partial charge in [0.1, 0.15) is 0 Å². The predicted octanol–water partition coefficient (Wildman–Crippen LogP) is 3.26. The van der Waals surface area contributed by atoms with Gasteiger partial charge in [0.05, 0.1) is 16.2 Å². The van der Waals surface area contributed by atoms with E-state index < -0.39 is 0 Å². The lowest BCUT2D eigenvalue weighted by Crippen LogP contribution is -1.99. The fraction of sp³-hybridized carbons (Fsp3) is 0.400. The van der Waals surface area contributed by atoms with Crippen LogP contribution < -0.4 is 0 Å². The Morgan fingerprint density at radius 2 is 2.40 bits per heavy atom. The van der Waals surface area contributed by atoms with Crippen LogP contribution in [0.1, 0.15) is 29.8 Å². The van der Waals surface area contributed by atoms with Crippen LogP contribution >= 0.6 is 22.9 Å². The Kier molecular flexibility index (Phi) is 3.38. The average Bonchev–Trinajstić information content (AvgIpc) is 2.85. The molecule has 0 aliphatic carbocycles. The molecule has 0 aromatic carbocycles. The zero-order chi connectivity index (χ0) is 10.7. The number of halogens is 1. The van der Waals surface area contributed by atoms with Gasteiger partial charge in [-0.2, -0.15) is 15.4 Å². The summed E-state index contributed by atoms with van der Waals surface area (Å²) in [5.74, 6) is 0.493. The minimum absolute atomic E-state index is 0.493. The van der Waals surface area contributed by atoms with Crippen LogP contribution in [-0.4, -0.2) is 15.4 Å². The summed E-state index contributed by atoms with van der Waals surface area (Å²) in [4.78, 5) is 1.32. The van der Waals surface area contributed by atoms with Crippen LogP contribution in [0.25, 0.3) is 0 Å². The van der Waals surface area contributed by atoms with Crippen LogP contribution in [0.4, 0.5) is 0 Å². The Labute approximate surface area is 97.5 Å². The highest BCUT2D eigenvalue weighted by Crippen LogP contribution is 2.31. The van der Waals surface area contributed by atoms with Crippen molar-refractivity contribution >= 4 is 22.9 Å². The summed E-state index contributed by atoms with van der Waals surface area (Å²) in [6.45, 7) is 2.18. The van der Waals surface area contributed by atoms with Crippen molar-refractivity contribution in [2.45, 2.75) is 25.7 Å². The van der Waals surface area contributed by atoms with E-state index in [9.17, 15) is 0 Å². The first-order valence-electron chi connectivity index (χ1n) is 4.89. The second-order valence-electron chi connectivity index (χ2n) is 3.41. The largest absolute Gasteiger partial charge is 0.198 e. The molecule has 2 aromatic rings. The third kappa shape index (κ3) is 2.58. The molecule has 15 heavy (non-hydrogen) atoms. The molecule has 0 amide bonds. The number of hydrogen-bond donors (Lipinski definition) is 1. The molecular weight excluding hydrogens is 230 g/mol. The number of aromatic nitrogens is 3. The Balaban J connectivity index is 2.11. The van der Waals surface area contributed by atoms with Crippen molar-refractivity contribution in [3.63, 3.8) is 0 Å². The zero-order valence-corrected chi connectivity index (χ0v) is 9.98. The highest BCUT2D eigenvalue weighted by atomic mass is 35.5. The van der Waals surface area contributed by atoms with Gasteiger partial charge in [0, 0.05) is 11.3 Å². The normalized spacial score (nSPS) is 12.9. The first-order valence-corrected chi connectivity index (χ1v) is 6.09. The van der Waals surface area contributed by atoms with Gasteiger partial charge in [-0.25, -0.2) is 0 Å². The highest BCUT2D eigenvalue weighted by Gasteiger charge is 2.13. The summed E-state index contributed by atoms with van der Waals surface area (Å²) in [6.07, 6.45) is 3.78. The Morgan fingerprint density at radius 3 is 2.93 bits per heavy atom. The molecule has 0 aliphatic heterocycles. The summed E-state index contributed by atoms with van der Waals surface area (Å²) in [6, 6.07) is 4.05. The fourth-order valence-corrected chi connectivity index (χ4v) is 2.81. The van der Waals surface area contributed by atoms with Crippen molar-refractivity contribution in [2.24, 2.45) is 0 Å². The summed E-state index contributed by atoms with van der Waals surface area (Å²) >= 11 is 7.58. The van der Waals surface area contributed by atoms with Crippen molar-refractivity contribution in [3.8, 4) is 0 Å². The third-order valence-corrected chi connectivity index (χ3v) is 3.80. The van der Waals surface area contributed by atoms with E-state index in [1.165, 1.54) is 4.88 Å². The number of rotatable bonds is 4. The average molecular weight is 242 g/mol. The van der Waals surface area contributed by atoms with Crippen LogP contribution in [0.2, 0.25) is 4.34 Å². The molecular formula is C10H12ClN3S. The monoisotopic (exact) mass is 241 g/mol. The first-order chi connectivity index (χ1) is 7.29. The molecule has 0 aliphatic rings. The lowest BCUT2D eigenvalue weighted by molar-refractivity contribution is 0.659. The molecule has 2 aromatic heterocycles. The molecule has 0 bridgehead atoms. The van der Waals surface area contributed by atoms with Gasteiger partial charge in [-0.05, 0) is 24.5 Å². The summed E-state index contributed by atoms with van der Waals surface area (Å²) < 4.78 is 0.851. The molecule has 0 saturated carbocycles. The number of nitrogens with zero attached hydrogens (tertiary/aromatic N) is 2. The first kappa shape index (κ1) is 10.6. The van der Waals surface area contributed by atoms with Gasteiger partial charge in [0.15, 0.2) is 0 Å². The van der Waals surface area contributed by atoms with Crippen LogP contribution in [-0.2, 0) is 6.42 Å². The van der Waals surface area contributed by atoms with Crippen molar-refractivity contribution in [1.29, 1.82) is 0 Å². The smallest absolute Gasteiger partial charge is 0.0931 e. The minimum Gasteiger partial charge on any atom is -0.198 e. The van der Waals surface area contributed by atoms with E-state index in [4.69, 9.17) is 11.6 Å². The van der Waals surface area contributed by atoms with E-state index in [0.29, 0.717) is 5.92 Å². The number of nitrogens with one attached hydrogen (secondary N) is 1. The van der Waals surface area contributed by atoms with E-state index in [0.717, 1.165) is 22.9 Å². The Morgan fingerprint density at radius 1 is 1.53 bits per heavy atom. The standard InChI is InChI=1S/C10H12ClN3S/c1-2-7(5-8-6-12-14-13-8)9-3-4-10(11)15-9/h3-4,6-7H,2,5H2,1H3,(H,12,13,14). The van der Waals surface area contributed by atoms with Crippen molar-refractivity contribution < 1.29 is 0 Å².